The molecule has 25 heavy (non-hydrogen) atoms. The van der Waals surface area contributed by atoms with Gasteiger partial charge < -0.3 is 25.2 Å². The molecule has 0 spiro atoms. The van der Waals surface area contributed by atoms with Gasteiger partial charge in [0.15, 0.2) is 0 Å². The van der Waals surface area contributed by atoms with Gasteiger partial charge in [0.2, 0.25) is 0 Å². The second-order valence-electron chi connectivity index (χ2n) is 5.76. The number of aryl methyl sites for hydroxylation is 2. The summed E-state index contributed by atoms with van der Waals surface area (Å²) in [5.41, 5.74) is 2.44. The number of hydrogen-bond donors (Lipinski definition) is 3. The number of halogens is 1. The molecule has 0 radical (unpaired) electrons. The summed E-state index contributed by atoms with van der Waals surface area (Å²) in [6.07, 6.45) is 1.02. The van der Waals surface area contributed by atoms with Crippen molar-refractivity contribution in [1.82, 2.24) is 10.2 Å². The average Bonchev–Trinajstić information content (AvgIpc) is 2.48. The molecule has 142 valence electrons. The summed E-state index contributed by atoms with van der Waals surface area (Å²) in [6, 6.07) is 4.24. The molecule has 0 saturated carbocycles. The maximum absolute atomic E-state index is 9.10. The number of nitrogens with zero attached hydrogens (tertiary/aromatic N) is 1. The first kappa shape index (κ1) is 23.4. The van der Waals surface area contributed by atoms with Crippen LogP contribution in [0, 0.1) is 13.8 Å². The van der Waals surface area contributed by atoms with Crippen LogP contribution in [0.1, 0.15) is 17.5 Å². The number of ether oxygens (including phenoxy) is 1. The summed E-state index contributed by atoms with van der Waals surface area (Å²) in [5, 5.41) is 18.2. The molecule has 0 saturated heterocycles. The van der Waals surface area contributed by atoms with Gasteiger partial charge in [-0.2, -0.15) is 0 Å². The minimum absolute atomic E-state index is 0.747. The lowest BCUT2D eigenvalue weighted by molar-refractivity contribution is -0.159. The number of hydrogen-bond acceptors (Lipinski definition) is 5. The Morgan fingerprint density at radius 2 is 1.76 bits per heavy atom. The quantitative estimate of drug-likeness (QED) is 0.439. The number of aliphatic carboxylic acids is 2. The zero-order valence-corrected chi connectivity index (χ0v) is 16.7. The van der Waals surface area contributed by atoms with Crippen molar-refractivity contribution in [2.45, 2.75) is 20.3 Å². The largest absolute Gasteiger partial charge is 0.492 e. The van der Waals surface area contributed by atoms with E-state index < -0.39 is 11.9 Å². The highest BCUT2D eigenvalue weighted by molar-refractivity contribution is 9.10. The Morgan fingerprint density at radius 1 is 1.16 bits per heavy atom. The van der Waals surface area contributed by atoms with Crippen LogP contribution in [0.5, 0.6) is 5.75 Å². The molecular formula is C17H27BrN2O5. The van der Waals surface area contributed by atoms with E-state index in [-0.39, 0.29) is 0 Å². The second-order valence-corrected chi connectivity index (χ2v) is 6.61. The fraction of sp³-hybridized carbons (Fsp3) is 0.529. The topological polar surface area (TPSA) is 99.1 Å². The van der Waals surface area contributed by atoms with Crippen molar-refractivity contribution in [3.05, 3.63) is 27.7 Å². The maximum atomic E-state index is 9.10. The lowest BCUT2D eigenvalue weighted by Gasteiger charge is -2.13. The van der Waals surface area contributed by atoms with Gasteiger partial charge in [-0.05, 0) is 74.0 Å². The highest BCUT2D eigenvalue weighted by atomic mass is 79.9. The molecule has 1 rings (SSSR count). The fourth-order valence-corrected chi connectivity index (χ4v) is 2.67. The standard InChI is InChI=1S/C15H25BrN2O.C2H2O4/c1-12-10-13(2)15(14(16)11-12)19-9-5-6-17-7-8-18(3)4;3-1(4)2(5)6/h10-11,17H,5-9H2,1-4H3;(H,3,4)(H,5,6). The van der Waals surface area contributed by atoms with E-state index in [0.29, 0.717) is 0 Å². The van der Waals surface area contributed by atoms with Crippen molar-refractivity contribution < 1.29 is 24.5 Å². The van der Waals surface area contributed by atoms with Crippen molar-refractivity contribution in [2.75, 3.05) is 40.3 Å². The highest BCUT2D eigenvalue weighted by Gasteiger charge is 2.06. The van der Waals surface area contributed by atoms with Crippen LogP contribution < -0.4 is 10.1 Å². The van der Waals surface area contributed by atoms with Gasteiger partial charge in [0.1, 0.15) is 5.75 Å². The Hall–Kier alpha value is -1.64. The SMILES string of the molecule is Cc1cc(C)c(OCCCNCCN(C)C)c(Br)c1.O=C(O)C(=O)O. The molecule has 0 aromatic heterocycles. The number of carbonyl (C=O) groups is 2. The zero-order chi connectivity index (χ0) is 19.4. The number of carboxylic acids is 2. The number of benzene rings is 1. The van der Waals surface area contributed by atoms with Crippen molar-refractivity contribution in [2.24, 2.45) is 0 Å². The molecule has 0 aliphatic carbocycles. The summed E-state index contributed by atoms with van der Waals surface area (Å²) in [5.74, 6) is -2.68. The predicted molar refractivity (Wildman–Crippen MR) is 100 cm³/mol. The lowest BCUT2D eigenvalue weighted by Crippen LogP contribution is -2.27. The molecule has 0 fully saturated rings. The van der Waals surface area contributed by atoms with E-state index in [1.165, 1.54) is 11.1 Å². The molecule has 1 aromatic rings. The molecule has 0 bridgehead atoms. The number of carboxylic acid groups (broad SMARTS) is 2. The van der Waals surface area contributed by atoms with Gasteiger partial charge in [-0.15, -0.1) is 0 Å². The van der Waals surface area contributed by atoms with E-state index in [1.807, 2.05) is 0 Å². The minimum atomic E-state index is -1.82. The van der Waals surface area contributed by atoms with Gasteiger partial charge in [0.05, 0.1) is 11.1 Å². The average molecular weight is 419 g/mol. The first-order valence-electron chi connectivity index (χ1n) is 7.86. The van der Waals surface area contributed by atoms with E-state index in [0.717, 1.165) is 42.9 Å². The van der Waals surface area contributed by atoms with Crippen LogP contribution in [-0.2, 0) is 9.59 Å². The Bertz CT molecular complexity index is 529. The summed E-state index contributed by atoms with van der Waals surface area (Å²) >= 11 is 3.56. The van der Waals surface area contributed by atoms with Crippen molar-refractivity contribution in [1.29, 1.82) is 0 Å². The molecular weight excluding hydrogens is 392 g/mol. The van der Waals surface area contributed by atoms with E-state index >= 15 is 0 Å². The van der Waals surface area contributed by atoms with E-state index in [2.05, 4.69) is 66.2 Å². The Morgan fingerprint density at radius 3 is 2.24 bits per heavy atom. The first-order chi connectivity index (χ1) is 11.6. The number of likely N-dealkylation sites (N-methyl/N-ethyl adjacent to an activating group) is 1. The maximum Gasteiger partial charge on any atom is 0.414 e. The van der Waals surface area contributed by atoms with E-state index in [1.54, 1.807) is 0 Å². The van der Waals surface area contributed by atoms with Crippen LogP contribution in [0.25, 0.3) is 0 Å². The molecule has 0 atom stereocenters. The predicted octanol–water partition coefficient (Wildman–Crippen LogP) is 2.14. The summed E-state index contributed by atoms with van der Waals surface area (Å²) in [4.78, 5) is 20.4. The molecule has 0 unspecified atom stereocenters. The zero-order valence-electron chi connectivity index (χ0n) is 15.1. The van der Waals surface area contributed by atoms with Gasteiger partial charge >= 0.3 is 11.9 Å². The van der Waals surface area contributed by atoms with Crippen LogP contribution in [0.4, 0.5) is 0 Å². The molecule has 7 nitrogen and oxygen atoms in total. The van der Waals surface area contributed by atoms with Gasteiger partial charge in [0.25, 0.3) is 0 Å². The Balaban J connectivity index is 0.000000823. The second kappa shape index (κ2) is 12.7. The monoisotopic (exact) mass is 418 g/mol. The molecule has 0 aliphatic heterocycles. The summed E-state index contributed by atoms with van der Waals surface area (Å²) < 4.78 is 6.90. The fourth-order valence-electron chi connectivity index (χ4n) is 1.88. The van der Waals surface area contributed by atoms with E-state index in [9.17, 15) is 0 Å². The smallest absolute Gasteiger partial charge is 0.414 e. The normalized spacial score (nSPS) is 10.2. The van der Waals surface area contributed by atoms with Crippen molar-refractivity contribution in [3.8, 4) is 5.75 Å². The molecule has 0 heterocycles. The van der Waals surface area contributed by atoms with Crippen molar-refractivity contribution >= 4 is 27.9 Å². The molecule has 0 amide bonds. The third kappa shape index (κ3) is 11.5. The minimum Gasteiger partial charge on any atom is -0.492 e. The van der Waals surface area contributed by atoms with Crippen LogP contribution in [0.2, 0.25) is 0 Å². The Labute approximate surface area is 157 Å². The first-order valence-corrected chi connectivity index (χ1v) is 8.65. The number of rotatable bonds is 8. The number of nitrogens with one attached hydrogen (secondary N) is 1. The molecule has 1 aromatic carbocycles. The molecule has 0 aliphatic rings. The van der Waals surface area contributed by atoms with Crippen LogP contribution in [0.15, 0.2) is 16.6 Å². The van der Waals surface area contributed by atoms with Crippen LogP contribution in [0.3, 0.4) is 0 Å². The van der Waals surface area contributed by atoms with Gasteiger partial charge in [0, 0.05) is 13.1 Å². The third-order valence-electron chi connectivity index (χ3n) is 3.04. The van der Waals surface area contributed by atoms with Crippen molar-refractivity contribution in [3.63, 3.8) is 0 Å². The molecule has 3 N–H and O–H groups in total. The summed E-state index contributed by atoms with van der Waals surface area (Å²) in [6.45, 7) is 8.02. The van der Waals surface area contributed by atoms with Crippen LogP contribution >= 0.6 is 15.9 Å². The van der Waals surface area contributed by atoms with Gasteiger partial charge in [-0.25, -0.2) is 9.59 Å². The Kier molecular flexibility index (Phi) is 11.9. The van der Waals surface area contributed by atoms with Crippen LogP contribution in [-0.4, -0.2) is 67.4 Å². The van der Waals surface area contributed by atoms with Gasteiger partial charge in [-0.3, -0.25) is 0 Å². The molecule has 8 heteroatoms. The van der Waals surface area contributed by atoms with E-state index in [4.69, 9.17) is 24.5 Å². The third-order valence-corrected chi connectivity index (χ3v) is 3.63. The lowest BCUT2D eigenvalue weighted by atomic mass is 10.1. The van der Waals surface area contributed by atoms with Gasteiger partial charge in [-0.1, -0.05) is 6.07 Å². The highest BCUT2D eigenvalue weighted by Crippen LogP contribution is 2.30. The summed E-state index contributed by atoms with van der Waals surface area (Å²) in [7, 11) is 4.17.